The minimum absolute atomic E-state index is 0.0934. The number of nitrogens with one attached hydrogen (secondary N) is 1. The van der Waals surface area contributed by atoms with E-state index in [2.05, 4.69) is 31.1 Å². The lowest BCUT2D eigenvalue weighted by Gasteiger charge is -2.35. The summed E-state index contributed by atoms with van der Waals surface area (Å²) in [7, 11) is 0. The van der Waals surface area contributed by atoms with Crippen molar-refractivity contribution in [3.8, 4) is 0 Å². The Morgan fingerprint density at radius 2 is 1.92 bits per heavy atom. The standard InChI is InChI=1S/C17H18BrFN4O/c18-13-5-6-16(20-11-13)21-17(24)12-22-7-9-23(10-8-22)15-4-2-1-3-14(15)19/h1-6,11H,7-10,12H2,(H,20,21,24). The summed E-state index contributed by atoms with van der Waals surface area (Å²) in [4.78, 5) is 20.3. The van der Waals surface area contributed by atoms with Crippen LogP contribution >= 0.6 is 15.9 Å². The summed E-state index contributed by atoms with van der Waals surface area (Å²) in [6, 6.07) is 10.4. The van der Waals surface area contributed by atoms with Gasteiger partial charge in [-0.15, -0.1) is 0 Å². The summed E-state index contributed by atoms with van der Waals surface area (Å²) >= 11 is 3.31. The summed E-state index contributed by atoms with van der Waals surface area (Å²) in [5.41, 5.74) is 0.626. The van der Waals surface area contributed by atoms with Gasteiger partial charge in [-0.25, -0.2) is 9.37 Å². The minimum Gasteiger partial charge on any atom is -0.367 e. The number of nitrogens with zero attached hydrogens (tertiary/aromatic N) is 3. The highest BCUT2D eigenvalue weighted by molar-refractivity contribution is 9.10. The van der Waals surface area contributed by atoms with Crippen LogP contribution in [-0.2, 0) is 4.79 Å². The molecule has 24 heavy (non-hydrogen) atoms. The number of carbonyl (C=O) groups is 1. The van der Waals surface area contributed by atoms with Gasteiger partial charge in [0.2, 0.25) is 5.91 Å². The molecule has 0 spiro atoms. The van der Waals surface area contributed by atoms with Crippen LogP contribution in [0.1, 0.15) is 0 Å². The number of anilines is 2. The number of piperazine rings is 1. The van der Waals surface area contributed by atoms with Crippen molar-refractivity contribution in [1.29, 1.82) is 0 Å². The number of pyridine rings is 1. The molecule has 1 N–H and O–H groups in total. The molecule has 2 heterocycles. The van der Waals surface area contributed by atoms with Gasteiger partial charge in [0.05, 0.1) is 12.2 Å². The van der Waals surface area contributed by atoms with E-state index >= 15 is 0 Å². The first-order valence-electron chi connectivity index (χ1n) is 7.75. The fourth-order valence-corrected chi connectivity index (χ4v) is 2.92. The minimum atomic E-state index is -0.204. The second-order valence-electron chi connectivity index (χ2n) is 5.62. The molecule has 0 saturated carbocycles. The van der Waals surface area contributed by atoms with Crippen LogP contribution in [0.5, 0.6) is 0 Å². The van der Waals surface area contributed by atoms with E-state index in [0.717, 1.165) is 17.6 Å². The molecule has 1 saturated heterocycles. The van der Waals surface area contributed by atoms with E-state index in [-0.39, 0.29) is 11.7 Å². The molecular formula is C17H18BrFN4O. The van der Waals surface area contributed by atoms with Gasteiger partial charge < -0.3 is 10.2 Å². The molecule has 1 aromatic heterocycles. The Balaban J connectivity index is 1.49. The SMILES string of the molecule is O=C(CN1CCN(c2ccccc2F)CC1)Nc1ccc(Br)cn1. The predicted molar refractivity (Wildman–Crippen MR) is 95.6 cm³/mol. The molecule has 1 amide bonds. The van der Waals surface area contributed by atoms with E-state index in [0.29, 0.717) is 31.1 Å². The van der Waals surface area contributed by atoms with Crippen LogP contribution in [0.3, 0.4) is 0 Å². The molecular weight excluding hydrogens is 375 g/mol. The first-order valence-corrected chi connectivity index (χ1v) is 8.54. The van der Waals surface area contributed by atoms with Gasteiger partial charge in [-0.3, -0.25) is 9.69 Å². The number of hydrogen-bond acceptors (Lipinski definition) is 4. The monoisotopic (exact) mass is 392 g/mol. The smallest absolute Gasteiger partial charge is 0.239 e. The van der Waals surface area contributed by atoms with Crippen LogP contribution in [0.4, 0.5) is 15.9 Å². The summed E-state index contributed by atoms with van der Waals surface area (Å²) in [6.45, 7) is 3.14. The summed E-state index contributed by atoms with van der Waals surface area (Å²) < 4.78 is 14.7. The van der Waals surface area contributed by atoms with Crippen LogP contribution in [0, 0.1) is 5.82 Å². The molecule has 0 aliphatic carbocycles. The number of hydrogen-bond donors (Lipinski definition) is 1. The van der Waals surface area contributed by atoms with Crippen LogP contribution in [0.25, 0.3) is 0 Å². The normalized spacial score (nSPS) is 15.3. The van der Waals surface area contributed by atoms with Crippen molar-refractivity contribution in [2.75, 3.05) is 42.9 Å². The molecule has 1 aliphatic rings. The maximum absolute atomic E-state index is 13.8. The zero-order chi connectivity index (χ0) is 16.9. The molecule has 0 bridgehead atoms. The zero-order valence-corrected chi connectivity index (χ0v) is 14.7. The van der Waals surface area contributed by atoms with E-state index in [1.54, 1.807) is 24.4 Å². The van der Waals surface area contributed by atoms with Crippen molar-refractivity contribution in [2.45, 2.75) is 0 Å². The number of para-hydroxylation sites is 1. The number of rotatable bonds is 4. The Labute approximate surface area is 148 Å². The molecule has 0 atom stereocenters. The van der Waals surface area contributed by atoms with Gasteiger partial charge in [-0.05, 0) is 40.2 Å². The molecule has 2 aromatic rings. The average molecular weight is 393 g/mol. The van der Waals surface area contributed by atoms with Gasteiger partial charge in [0, 0.05) is 36.8 Å². The van der Waals surface area contributed by atoms with Crippen molar-refractivity contribution >= 4 is 33.3 Å². The van der Waals surface area contributed by atoms with E-state index in [4.69, 9.17) is 0 Å². The Bertz CT molecular complexity index is 702. The topological polar surface area (TPSA) is 48.5 Å². The first kappa shape index (κ1) is 16.9. The molecule has 1 aliphatic heterocycles. The lowest BCUT2D eigenvalue weighted by atomic mass is 10.2. The molecule has 0 unspecified atom stereocenters. The summed E-state index contributed by atoms with van der Waals surface area (Å²) in [5.74, 6) is 0.238. The quantitative estimate of drug-likeness (QED) is 0.868. The lowest BCUT2D eigenvalue weighted by Crippen LogP contribution is -2.48. The highest BCUT2D eigenvalue weighted by Gasteiger charge is 2.20. The number of amides is 1. The Hall–Kier alpha value is -1.99. The van der Waals surface area contributed by atoms with E-state index < -0.39 is 0 Å². The Morgan fingerprint density at radius 1 is 1.17 bits per heavy atom. The third-order valence-electron chi connectivity index (χ3n) is 3.93. The largest absolute Gasteiger partial charge is 0.367 e. The van der Waals surface area contributed by atoms with Gasteiger partial charge in [-0.1, -0.05) is 12.1 Å². The maximum atomic E-state index is 13.8. The van der Waals surface area contributed by atoms with E-state index in [1.165, 1.54) is 6.07 Å². The number of aromatic nitrogens is 1. The van der Waals surface area contributed by atoms with Crippen LogP contribution in [-0.4, -0.2) is 48.5 Å². The van der Waals surface area contributed by atoms with Gasteiger partial charge in [0.15, 0.2) is 0 Å². The lowest BCUT2D eigenvalue weighted by molar-refractivity contribution is -0.117. The van der Waals surface area contributed by atoms with E-state index in [1.807, 2.05) is 17.0 Å². The first-order chi connectivity index (χ1) is 11.6. The van der Waals surface area contributed by atoms with Crippen LogP contribution < -0.4 is 10.2 Å². The third kappa shape index (κ3) is 4.30. The molecule has 0 radical (unpaired) electrons. The highest BCUT2D eigenvalue weighted by Crippen LogP contribution is 2.20. The molecule has 126 valence electrons. The molecule has 5 nitrogen and oxygen atoms in total. The Kier molecular flexibility index (Phi) is 5.42. The number of halogens is 2. The second-order valence-corrected chi connectivity index (χ2v) is 6.54. The summed E-state index contributed by atoms with van der Waals surface area (Å²) in [6.07, 6.45) is 1.64. The molecule has 1 fully saturated rings. The Morgan fingerprint density at radius 3 is 2.58 bits per heavy atom. The second kappa shape index (κ2) is 7.72. The van der Waals surface area contributed by atoms with Crippen LogP contribution in [0.15, 0.2) is 47.1 Å². The van der Waals surface area contributed by atoms with Crippen molar-refractivity contribution in [3.63, 3.8) is 0 Å². The molecule has 1 aromatic carbocycles. The number of carbonyl (C=O) groups excluding carboxylic acids is 1. The summed E-state index contributed by atoms with van der Waals surface area (Å²) in [5, 5.41) is 2.78. The van der Waals surface area contributed by atoms with Crippen LogP contribution in [0.2, 0.25) is 0 Å². The van der Waals surface area contributed by atoms with Crippen molar-refractivity contribution < 1.29 is 9.18 Å². The number of benzene rings is 1. The van der Waals surface area contributed by atoms with Gasteiger partial charge in [0.1, 0.15) is 11.6 Å². The fraction of sp³-hybridized carbons (Fsp3) is 0.294. The maximum Gasteiger partial charge on any atom is 0.239 e. The van der Waals surface area contributed by atoms with E-state index in [9.17, 15) is 9.18 Å². The average Bonchev–Trinajstić information content (AvgIpc) is 2.58. The van der Waals surface area contributed by atoms with Gasteiger partial charge in [0.25, 0.3) is 0 Å². The van der Waals surface area contributed by atoms with Crippen molar-refractivity contribution in [3.05, 3.63) is 52.9 Å². The highest BCUT2D eigenvalue weighted by atomic mass is 79.9. The molecule has 7 heteroatoms. The third-order valence-corrected chi connectivity index (χ3v) is 4.40. The van der Waals surface area contributed by atoms with Gasteiger partial charge in [-0.2, -0.15) is 0 Å². The fourth-order valence-electron chi connectivity index (χ4n) is 2.69. The molecule has 3 rings (SSSR count). The van der Waals surface area contributed by atoms with Crippen molar-refractivity contribution in [1.82, 2.24) is 9.88 Å². The van der Waals surface area contributed by atoms with Crippen molar-refractivity contribution in [2.24, 2.45) is 0 Å². The van der Waals surface area contributed by atoms with Gasteiger partial charge >= 0.3 is 0 Å². The predicted octanol–water partition coefficient (Wildman–Crippen LogP) is 2.74. The zero-order valence-electron chi connectivity index (χ0n) is 13.1.